The zero-order valence-corrected chi connectivity index (χ0v) is 11.1. The molecule has 0 unspecified atom stereocenters. The lowest BCUT2D eigenvalue weighted by atomic mass is 10.1. The first kappa shape index (κ1) is 13.5. The number of aromatic nitrogens is 1. The van der Waals surface area contributed by atoms with Crippen molar-refractivity contribution < 1.29 is 20.1 Å². The number of aliphatic imine (C=N–C) groups is 1. The lowest BCUT2D eigenvalue weighted by Gasteiger charge is -2.03. The molecule has 6 nitrogen and oxygen atoms in total. The number of aliphatic hydroxyl groups excluding tert-OH is 2. The number of fused-ring (bicyclic) bond motifs is 3. The second-order valence-electron chi connectivity index (χ2n) is 4.82. The molecule has 1 aromatic carbocycles. The molecule has 2 heterocycles. The Labute approximate surface area is 120 Å². The minimum Gasteiger partial charge on any atom is -0.494 e. The minimum absolute atomic E-state index is 0.0288. The van der Waals surface area contributed by atoms with Gasteiger partial charge in [0.25, 0.3) is 0 Å². The van der Waals surface area contributed by atoms with Gasteiger partial charge in [0.15, 0.2) is 0 Å². The van der Waals surface area contributed by atoms with Gasteiger partial charge in [-0.3, -0.25) is 14.4 Å². The van der Waals surface area contributed by atoms with Crippen molar-refractivity contribution in [3.05, 3.63) is 47.2 Å². The standard InChI is InChI=1S/C15H14N2O4/c18-8-10(19)7-16-6-9-5-13-14(20)11-3-1-2-4-12(11)17(13)15(9)21/h1-6,10,18-19,21H,7-8H2/t10-/m1/s1. The largest absolute Gasteiger partial charge is 0.494 e. The Morgan fingerprint density at radius 1 is 1.33 bits per heavy atom. The number of hydrogen-bond acceptors (Lipinski definition) is 5. The van der Waals surface area contributed by atoms with Crippen LogP contribution >= 0.6 is 0 Å². The Balaban J connectivity index is 1.96. The molecule has 0 radical (unpaired) electrons. The molecule has 0 fully saturated rings. The predicted octanol–water partition coefficient (Wildman–Crippen LogP) is 0.499. The fourth-order valence-electron chi connectivity index (χ4n) is 2.35. The highest BCUT2D eigenvalue weighted by atomic mass is 16.3. The predicted molar refractivity (Wildman–Crippen MR) is 76.4 cm³/mol. The van der Waals surface area contributed by atoms with Gasteiger partial charge >= 0.3 is 0 Å². The lowest BCUT2D eigenvalue weighted by Crippen LogP contribution is -2.15. The van der Waals surface area contributed by atoms with Crippen LogP contribution in [0.25, 0.3) is 5.69 Å². The maximum atomic E-state index is 12.2. The normalized spacial score (nSPS) is 14.5. The Morgan fingerprint density at radius 3 is 2.86 bits per heavy atom. The van der Waals surface area contributed by atoms with E-state index in [1.807, 2.05) is 0 Å². The number of carbonyl (C=O) groups excluding carboxylic acids is 1. The fraction of sp³-hybridized carbons (Fsp3) is 0.200. The zero-order valence-electron chi connectivity index (χ0n) is 11.1. The van der Waals surface area contributed by atoms with Crippen LogP contribution in [0.5, 0.6) is 5.88 Å². The Hall–Kier alpha value is -2.44. The second kappa shape index (κ2) is 5.16. The van der Waals surface area contributed by atoms with Gasteiger partial charge in [-0.15, -0.1) is 0 Å². The van der Waals surface area contributed by atoms with Crippen LogP contribution < -0.4 is 0 Å². The summed E-state index contributed by atoms with van der Waals surface area (Å²) in [5.41, 5.74) is 1.99. The van der Waals surface area contributed by atoms with Crippen LogP contribution in [0.1, 0.15) is 21.6 Å². The summed E-state index contributed by atoms with van der Waals surface area (Å²) in [6.07, 6.45) is 0.454. The van der Waals surface area contributed by atoms with Crippen molar-refractivity contribution in [3.8, 4) is 11.6 Å². The Bertz CT molecular complexity index is 733. The zero-order chi connectivity index (χ0) is 15.0. The summed E-state index contributed by atoms with van der Waals surface area (Å²) in [6.45, 7) is -0.345. The molecule has 1 aromatic heterocycles. The van der Waals surface area contributed by atoms with Crippen LogP contribution in [-0.4, -0.2) is 51.1 Å². The number of hydrogen-bond donors (Lipinski definition) is 3. The Kier molecular flexibility index (Phi) is 3.32. The molecule has 0 saturated carbocycles. The summed E-state index contributed by atoms with van der Waals surface area (Å²) in [4.78, 5) is 16.2. The molecule has 21 heavy (non-hydrogen) atoms. The number of ketones is 1. The topological polar surface area (TPSA) is 95.1 Å². The number of benzene rings is 1. The van der Waals surface area contributed by atoms with Crippen LogP contribution in [0.4, 0.5) is 0 Å². The van der Waals surface area contributed by atoms with Gasteiger partial charge in [0.1, 0.15) is 0 Å². The van der Waals surface area contributed by atoms with Gasteiger partial charge < -0.3 is 15.3 Å². The van der Waals surface area contributed by atoms with E-state index in [-0.39, 0.29) is 24.8 Å². The molecule has 2 aromatic rings. The Morgan fingerprint density at radius 2 is 2.10 bits per heavy atom. The summed E-state index contributed by atoms with van der Waals surface area (Å²) in [5.74, 6) is -0.207. The van der Waals surface area contributed by atoms with E-state index in [1.165, 1.54) is 10.8 Å². The maximum Gasteiger partial charge on any atom is 0.211 e. The van der Waals surface area contributed by atoms with E-state index in [4.69, 9.17) is 5.11 Å². The van der Waals surface area contributed by atoms with E-state index in [2.05, 4.69) is 4.99 Å². The highest BCUT2D eigenvalue weighted by Gasteiger charge is 2.30. The molecular weight excluding hydrogens is 272 g/mol. The molecule has 0 aliphatic carbocycles. The third-order valence-electron chi connectivity index (χ3n) is 3.38. The molecule has 3 rings (SSSR count). The van der Waals surface area contributed by atoms with E-state index < -0.39 is 6.10 Å². The molecular formula is C15H14N2O4. The van der Waals surface area contributed by atoms with Gasteiger partial charge in [0.05, 0.1) is 36.2 Å². The summed E-state index contributed by atoms with van der Waals surface area (Å²) in [6, 6.07) is 8.62. The summed E-state index contributed by atoms with van der Waals surface area (Å²) in [7, 11) is 0. The molecule has 3 N–H and O–H groups in total. The summed E-state index contributed by atoms with van der Waals surface area (Å²) >= 11 is 0. The smallest absolute Gasteiger partial charge is 0.211 e. The van der Waals surface area contributed by atoms with E-state index in [9.17, 15) is 15.0 Å². The van der Waals surface area contributed by atoms with Crippen molar-refractivity contribution in [1.29, 1.82) is 0 Å². The van der Waals surface area contributed by atoms with Crippen molar-refractivity contribution in [3.63, 3.8) is 0 Å². The van der Waals surface area contributed by atoms with E-state index in [1.54, 1.807) is 30.3 Å². The first-order chi connectivity index (χ1) is 10.1. The van der Waals surface area contributed by atoms with Crippen LogP contribution in [0.15, 0.2) is 35.3 Å². The fourth-order valence-corrected chi connectivity index (χ4v) is 2.35. The highest BCUT2D eigenvalue weighted by molar-refractivity contribution is 6.15. The molecule has 108 valence electrons. The first-order valence-electron chi connectivity index (χ1n) is 6.51. The molecule has 0 spiro atoms. The van der Waals surface area contributed by atoms with Crippen LogP contribution in [-0.2, 0) is 0 Å². The van der Waals surface area contributed by atoms with Crippen LogP contribution in [0.3, 0.4) is 0 Å². The summed E-state index contributed by atoms with van der Waals surface area (Å²) < 4.78 is 1.49. The van der Waals surface area contributed by atoms with E-state index >= 15 is 0 Å². The lowest BCUT2D eigenvalue weighted by molar-refractivity contribution is 0.102. The summed E-state index contributed by atoms with van der Waals surface area (Å²) in [5, 5.41) is 28.2. The van der Waals surface area contributed by atoms with Gasteiger partial charge in [0.2, 0.25) is 11.7 Å². The van der Waals surface area contributed by atoms with Crippen LogP contribution in [0.2, 0.25) is 0 Å². The van der Waals surface area contributed by atoms with Crippen molar-refractivity contribution >= 4 is 12.0 Å². The average Bonchev–Trinajstić information content (AvgIpc) is 2.97. The third-order valence-corrected chi connectivity index (χ3v) is 3.38. The first-order valence-corrected chi connectivity index (χ1v) is 6.51. The van der Waals surface area contributed by atoms with Gasteiger partial charge in [-0.2, -0.15) is 0 Å². The molecule has 1 atom stereocenters. The molecule has 6 heteroatoms. The maximum absolute atomic E-state index is 12.2. The number of carbonyl (C=O) groups is 1. The number of aliphatic hydroxyl groups is 2. The molecule has 1 aliphatic heterocycles. The van der Waals surface area contributed by atoms with Gasteiger partial charge in [-0.25, -0.2) is 0 Å². The van der Waals surface area contributed by atoms with Crippen LogP contribution in [0, 0.1) is 0 Å². The average molecular weight is 286 g/mol. The van der Waals surface area contributed by atoms with E-state index in [0.717, 1.165) is 0 Å². The second-order valence-corrected chi connectivity index (χ2v) is 4.82. The quantitative estimate of drug-likeness (QED) is 0.609. The molecule has 0 saturated heterocycles. The number of aromatic hydroxyl groups is 1. The minimum atomic E-state index is -0.930. The number of rotatable bonds is 4. The molecule has 1 aliphatic rings. The van der Waals surface area contributed by atoms with Crippen molar-refractivity contribution in [2.24, 2.45) is 4.99 Å². The van der Waals surface area contributed by atoms with Crippen molar-refractivity contribution in [2.75, 3.05) is 13.2 Å². The van der Waals surface area contributed by atoms with Gasteiger partial charge in [-0.1, -0.05) is 12.1 Å². The van der Waals surface area contributed by atoms with Gasteiger partial charge in [0, 0.05) is 11.8 Å². The van der Waals surface area contributed by atoms with Gasteiger partial charge in [-0.05, 0) is 18.2 Å². The van der Waals surface area contributed by atoms with E-state index in [0.29, 0.717) is 22.5 Å². The van der Waals surface area contributed by atoms with Crippen molar-refractivity contribution in [2.45, 2.75) is 6.10 Å². The molecule has 0 bridgehead atoms. The third kappa shape index (κ3) is 2.14. The monoisotopic (exact) mass is 286 g/mol. The SMILES string of the molecule is O=C1c2ccccc2-n2c1cc(C=NC[C@@H](O)CO)c2O. The number of para-hydroxylation sites is 1. The van der Waals surface area contributed by atoms with Crippen molar-refractivity contribution in [1.82, 2.24) is 4.57 Å². The molecule has 0 amide bonds. The highest BCUT2D eigenvalue weighted by Crippen LogP contribution is 2.35. The number of nitrogens with zero attached hydrogens (tertiary/aromatic N) is 2.